The Morgan fingerprint density at radius 1 is 1.10 bits per heavy atom. The summed E-state index contributed by atoms with van der Waals surface area (Å²) >= 11 is 1.02. The number of nitrogens with one attached hydrogen (secondary N) is 2. The number of hydrogen-bond donors (Lipinski definition) is 2. The highest BCUT2D eigenvalue weighted by Crippen LogP contribution is 2.29. The van der Waals surface area contributed by atoms with Crippen LogP contribution in [0.25, 0.3) is 0 Å². The molecule has 2 rings (SSSR count). The Bertz CT molecular complexity index is 751. The van der Waals surface area contributed by atoms with Crippen LogP contribution in [-0.4, -0.2) is 38.2 Å². The first-order valence-electron chi connectivity index (χ1n) is 9.01. The Hall–Kier alpha value is -1.56. The van der Waals surface area contributed by atoms with Gasteiger partial charge in [-0.15, -0.1) is 35.3 Å². The summed E-state index contributed by atoms with van der Waals surface area (Å²) in [5, 5.41) is 7.81. The smallest absolute Gasteiger partial charge is 0.434 e. The topological polar surface area (TPSA) is 58.5 Å². The van der Waals surface area contributed by atoms with Crippen molar-refractivity contribution >= 4 is 41.3 Å². The van der Waals surface area contributed by atoms with E-state index in [-0.39, 0.29) is 24.0 Å². The molecule has 1 aromatic heterocycles. The van der Waals surface area contributed by atoms with Gasteiger partial charge in [-0.2, -0.15) is 13.2 Å². The minimum Gasteiger partial charge on any atom is -0.497 e. The van der Waals surface area contributed by atoms with Gasteiger partial charge in [-0.3, -0.25) is 4.99 Å². The summed E-state index contributed by atoms with van der Waals surface area (Å²) in [6.45, 7) is 1.24. The van der Waals surface area contributed by atoms with Crippen molar-refractivity contribution in [2.45, 2.75) is 31.9 Å². The average Bonchev–Trinajstić information content (AvgIpc) is 3.16. The third-order valence-corrected chi connectivity index (χ3v) is 4.95. The molecule has 29 heavy (non-hydrogen) atoms. The Morgan fingerprint density at radius 2 is 1.79 bits per heavy atom. The molecule has 2 N–H and O–H groups in total. The van der Waals surface area contributed by atoms with Gasteiger partial charge in [0, 0.05) is 31.9 Å². The van der Waals surface area contributed by atoms with Gasteiger partial charge >= 0.3 is 6.18 Å². The van der Waals surface area contributed by atoms with E-state index in [0.717, 1.165) is 48.3 Å². The van der Waals surface area contributed by atoms with E-state index in [4.69, 9.17) is 4.74 Å². The van der Waals surface area contributed by atoms with Crippen molar-refractivity contribution in [3.63, 3.8) is 0 Å². The van der Waals surface area contributed by atoms with Crippen LogP contribution in [0.15, 0.2) is 34.6 Å². The van der Waals surface area contributed by atoms with Crippen LogP contribution < -0.4 is 15.4 Å². The number of aliphatic imine (C=N–C) groups is 1. The number of ether oxygens (including phenoxy) is 1. The molecule has 0 aliphatic heterocycles. The first-order valence-corrected chi connectivity index (χ1v) is 9.89. The van der Waals surface area contributed by atoms with Gasteiger partial charge in [-0.25, -0.2) is 4.98 Å². The number of rotatable bonds is 9. The van der Waals surface area contributed by atoms with Gasteiger partial charge in [0.15, 0.2) is 11.7 Å². The standard InChI is InChI=1S/C19H25F3N4OS.HI/c1-23-18(25-12-10-17-26-16(13-28-17)19(20,21)22)24-11-4-3-5-14-6-8-15(27-2)9-7-14;/h6-9,13H,3-5,10-12H2,1-2H3,(H2,23,24,25);1H. The highest BCUT2D eigenvalue weighted by atomic mass is 127. The number of hydrogen-bond acceptors (Lipinski definition) is 4. The molecule has 5 nitrogen and oxygen atoms in total. The fourth-order valence-electron chi connectivity index (χ4n) is 2.52. The molecule has 162 valence electrons. The minimum absolute atomic E-state index is 0. The van der Waals surface area contributed by atoms with Crippen LogP contribution in [0.5, 0.6) is 5.75 Å². The van der Waals surface area contributed by atoms with E-state index >= 15 is 0 Å². The molecule has 10 heteroatoms. The monoisotopic (exact) mass is 542 g/mol. The molecule has 2 aromatic rings. The summed E-state index contributed by atoms with van der Waals surface area (Å²) in [5.74, 6) is 1.49. The van der Waals surface area contributed by atoms with Crippen molar-refractivity contribution in [1.82, 2.24) is 15.6 Å². The first kappa shape index (κ1) is 25.5. The van der Waals surface area contributed by atoms with Crippen molar-refractivity contribution < 1.29 is 17.9 Å². The van der Waals surface area contributed by atoms with Gasteiger partial charge in [0.2, 0.25) is 0 Å². The van der Waals surface area contributed by atoms with Crippen molar-refractivity contribution in [2.75, 3.05) is 27.2 Å². The summed E-state index contributed by atoms with van der Waals surface area (Å²) in [6, 6.07) is 8.05. The normalized spacial score (nSPS) is 11.7. The van der Waals surface area contributed by atoms with E-state index < -0.39 is 11.9 Å². The molecule has 0 saturated carbocycles. The van der Waals surface area contributed by atoms with E-state index in [1.54, 1.807) is 14.2 Å². The predicted molar refractivity (Wildman–Crippen MR) is 122 cm³/mol. The lowest BCUT2D eigenvalue weighted by atomic mass is 10.1. The molecule has 1 heterocycles. The third kappa shape index (κ3) is 9.20. The summed E-state index contributed by atoms with van der Waals surface area (Å²) in [4.78, 5) is 7.74. The molecule has 1 aromatic carbocycles. The van der Waals surface area contributed by atoms with Gasteiger partial charge in [0.1, 0.15) is 5.75 Å². The van der Waals surface area contributed by atoms with Gasteiger partial charge in [0.25, 0.3) is 0 Å². The molecule has 0 aliphatic carbocycles. The molecule has 0 spiro atoms. The number of alkyl halides is 3. The number of halogens is 4. The highest BCUT2D eigenvalue weighted by molar-refractivity contribution is 14.0. The van der Waals surface area contributed by atoms with Crippen LogP contribution in [0.3, 0.4) is 0 Å². The minimum atomic E-state index is -4.38. The third-order valence-electron chi connectivity index (χ3n) is 4.04. The molecule has 0 fully saturated rings. The zero-order valence-corrected chi connectivity index (χ0v) is 19.5. The van der Waals surface area contributed by atoms with Crippen LogP contribution in [-0.2, 0) is 19.0 Å². The summed E-state index contributed by atoms with van der Waals surface area (Å²) < 4.78 is 42.8. The Balaban J connectivity index is 0.00000420. The SMILES string of the molecule is CN=C(NCCCCc1ccc(OC)cc1)NCCc1nc(C(F)(F)F)cs1.I. The van der Waals surface area contributed by atoms with Crippen molar-refractivity contribution in [3.05, 3.63) is 45.9 Å². The fourth-order valence-corrected chi connectivity index (χ4v) is 3.32. The number of nitrogens with zero attached hydrogens (tertiary/aromatic N) is 2. The molecule has 0 amide bonds. The lowest BCUT2D eigenvalue weighted by Gasteiger charge is -2.11. The quantitative estimate of drug-likeness (QED) is 0.212. The largest absolute Gasteiger partial charge is 0.497 e. The number of benzene rings is 1. The number of unbranched alkanes of at least 4 members (excludes halogenated alkanes) is 1. The maximum Gasteiger partial charge on any atom is 0.434 e. The highest BCUT2D eigenvalue weighted by Gasteiger charge is 2.33. The molecule has 0 saturated heterocycles. The Kier molecular flexibility index (Phi) is 11.3. The first-order chi connectivity index (χ1) is 13.4. The van der Waals surface area contributed by atoms with E-state index in [0.29, 0.717) is 23.9 Å². The zero-order chi connectivity index (χ0) is 20.4. The maximum absolute atomic E-state index is 12.5. The van der Waals surface area contributed by atoms with E-state index in [1.165, 1.54) is 5.56 Å². The summed E-state index contributed by atoms with van der Waals surface area (Å²) in [5.41, 5.74) is 0.442. The molecule has 0 atom stereocenters. The van der Waals surface area contributed by atoms with Gasteiger partial charge < -0.3 is 15.4 Å². The Morgan fingerprint density at radius 3 is 2.38 bits per heavy atom. The van der Waals surface area contributed by atoms with Crippen molar-refractivity contribution in [2.24, 2.45) is 4.99 Å². The van der Waals surface area contributed by atoms with Crippen LogP contribution in [0.1, 0.15) is 29.1 Å². The van der Waals surface area contributed by atoms with Crippen LogP contribution in [0, 0.1) is 0 Å². The van der Waals surface area contributed by atoms with Crippen molar-refractivity contribution in [1.29, 1.82) is 0 Å². The number of methoxy groups -OCH3 is 1. The van der Waals surface area contributed by atoms with Gasteiger partial charge in [0.05, 0.1) is 12.1 Å². The number of thiazole rings is 1. The van der Waals surface area contributed by atoms with E-state index in [2.05, 4.69) is 32.7 Å². The fraction of sp³-hybridized carbons (Fsp3) is 0.474. The van der Waals surface area contributed by atoms with Gasteiger partial charge in [-0.1, -0.05) is 12.1 Å². The zero-order valence-electron chi connectivity index (χ0n) is 16.4. The number of aromatic nitrogens is 1. The van der Waals surface area contributed by atoms with E-state index in [9.17, 15) is 13.2 Å². The lowest BCUT2D eigenvalue weighted by Crippen LogP contribution is -2.38. The second-order valence-electron chi connectivity index (χ2n) is 6.11. The molecule has 0 unspecified atom stereocenters. The maximum atomic E-state index is 12.5. The predicted octanol–water partition coefficient (Wildman–Crippen LogP) is 4.52. The van der Waals surface area contributed by atoms with Crippen molar-refractivity contribution in [3.8, 4) is 5.75 Å². The molecular formula is C19H26F3IN4OS. The second kappa shape index (κ2) is 12.9. The number of aryl methyl sites for hydroxylation is 1. The average molecular weight is 542 g/mol. The van der Waals surface area contributed by atoms with Crippen LogP contribution in [0.4, 0.5) is 13.2 Å². The molecule has 0 bridgehead atoms. The van der Waals surface area contributed by atoms with E-state index in [1.807, 2.05) is 12.1 Å². The van der Waals surface area contributed by atoms with Crippen LogP contribution >= 0.6 is 35.3 Å². The Labute approximate surface area is 190 Å². The summed E-state index contributed by atoms with van der Waals surface area (Å²) in [7, 11) is 3.32. The number of guanidine groups is 1. The molecular weight excluding hydrogens is 516 g/mol. The molecule has 0 aliphatic rings. The van der Waals surface area contributed by atoms with Crippen LogP contribution in [0.2, 0.25) is 0 Å². The molecule has 0 radical (unpaired) electrons. The van der Waals surface area contributed by atoms with Gasteiger partial charge in [-0.05, 0) is 37.0 Å². The second-order valence-corrected chi connectivity index (χ2v) is 7.05. The lowest BCUT2D eigenvalue weighted by molar-refractivity contribution is -0.140. The summed E-state index contributed by atoms with van der Waals surface area (Å²) in [6.07, 6.45) is -0.961.